The van der Waals surface area contributed by atoms with Crippen LogP contribution in [0.2, 0.25) is 0 Å². The van der Waals surface area contributed by atoms with Gasteiger partial charge in [-0.1, -0.05) is 19.4 Å². The molecule has 0 aliphatic rings. The second-order valence-corrected chi connectivity index (χ2v) is 4.87. The number of methoxy groups -OCH3 is 1. The third-order valence-electron chi connectivity index (χ3n) is 3.20. The quantitative estimate of drug-likeness (QED) is 0.788. The van der Waals surface area contributed by atoms with Gasteiger partial charge in [0.1, 0.15) is 5.75 Å². The predicted octanol–water partition coefficient (Wildman–Crippen LogP) is 2.51. The summed E-state index contributed by atoms with van der Waals surface area (Å²) in [6.45, 7) is 3.99. The first kappa shape index (κ1) is 14.9. The minimum atomic E-state index is -0.353. The standard InChI is InChI=1S/C15H20N4O2/c1-4-5-11-13(16)14(19-18-11)15(20)17-10-7-6-9(2)8-12(10)21-3/h6-8H,4-5,16H2,1-3H3,(H,17,20)(H,18,19). The van der Waals surface area contributed by atoms with Crippen LogP contribution in [0, 0.1) is 6.92 Å². The number of carbonyl (C=O) groups is 1. The van der Waals surface area contributed by atoms with Gasteiger partial charge in [0.25, 0.3) is 5.91 Å². The zero-order chi connectivity index (χ0) is 15.4. The Morgan fingerprint density at radius 1 is 1.48 bits per heavy atom. The molecule has 0 fully saturated rings. The number of aromatic nitrogens is 2. The van der Waals surface area contributed by atoms with Crippen LogP contribution in [0.25, 0.3) is 0 Å². The van der Waals surface area contributed by atoms with Crippen molar-refractivity contribution in [2.24, 2.45) is 0 Å². The van der Waals surface area contributed by atoms with Crippen molar-refractivity contribution in [2.75, 3.05) is 18.2 Å². The van der Waals surface area contributed by atoms with Gasteiger partial charge in [0.15, 0.2) is 5.69 Å². The van der Waals surface area contributed by atoms with E-state index in [1.165, 1.54) is 0 Å². The number of hydrogen-bond donors (Lipinski definition) is 3. The molecule has 2 rings (SSSR count). The average Bonchev–Trinajstić information content (AvgIpc) is 2.82. The van der Waals surface area contributed by atoms with Gasteiger partial charge < -0.3 is 15.8 Å². The summed E-state index contributed by atoms with van der Waals surface area (Å²) in [5.74, 6) is 0.250. The third-order valence-corrected chi connectivity index (χ3v) is 3.20. The molecule has 2 aromatic rings. The van der Waals surface area contributed by atoms with Gasteiger partial charge in [-0.2, -0.15) is 5.10 Å². The van der Waals surface area contributed by atoms with Crippen LogP contribution in [0.3, 0.4) is 0 Å². The number of anilines is 2. The lowest BCUT2D eigenvalue weighted by Gasteiger charge is -2.10. The largest absolute Gasteiger partial charge is 0.495 e. The number of rotatable bonds is 5. The Kier molecular flexibility index (Phi) is 4.47. The second kappa shape index (κ2) is 6.30. The molecule has 0 saturated carbocycles. The molecule has 6 nitrogen and oxygen atoms in total. The fourth-order valence-corrected chi connectivity index (χ4v) is 2.08. The van der Waals surface area contributed by atoms with Crippen LogP contribution in [0.5, 0.6) is 5.75 Å². The lowest BCUT2D eigenvalue weighted by molar-refractivity contribution is 0.102. The van der Waals surface area contributed by atoms with Crippen LogP contribution in [0.15, 0.2) is 18.2 Å². The SMILES string of the molecule is CCCc1[nH]nc(C(=O)Nc2ccc(C)cc2OC)c1N. The topological polar surface area (TPSA) is 93.0 Å². The highest BCUT2D eigenvalue weighted by molar-refractivity contribution is 6.07. The Labute approximate surface area is 123 Å². The number of aromatic amines is 1. The number of hydrogen-bond acceptors (Lipinski definition) is 4. The van der Waals surface area contributed by atoms with Gasteiger partial charge in [-0.25, -0.2) is 0 Å². The minimum Gasteiger partial charge on any atom is -0.495 e. The predicted molar refractivity (Wildman–Crippen MR) is 82.7 cm³/mol. The molecule has 1 heterocycles. The van der Waals surface area contributed by atoms with Crippen molar-refractivity contribution in [2.45, 2.75) is 26.7 Å². The van der Waals surface area contributed by atoms with Crippen molar-refractivity contribution >= 4 is 17.3 Å². The summed E-state index contributed by atoms with van der Waals surface area (Å²) in [6, 6.07) is 5.54. The molecule has 112 valence electrons. The molecule has 0 atom stereocenters. The number of nitrogens with zero attached hydrogens (tertiary/aromatic N) is 1. The van der Waals surface area contributed by atoms with Crippen molar-refractivity contribution in [3.8, 4) is 5.75 Å². The van der Waals surface area contributed by atoms with Crippen LogP contribution >= 0.6 is 0 Å². The first-order valence-electron chi connectivity index (χ1n) is 6.85. The minimum absolute atomic E-state index is 0.209. The fraction of sp³-hybridized carbons (Fsp3) is 0.333. The summed E-state index contributed by atoms with van der Waals surface area (Å²) in [5, 5.41) is 9.59. The zero-order valence-corrected chi connectivity index (χ0v) is 12.5. The molecule has 1 aromatic heterocycles. The van der Waals surface area contributed by atoms with Gasteiger partial charge in [0.05, 0.1) is 24.2 Å². The van der Waals surface area contributed by atoms with Gasteiger partial charge in [-0.3, -0.25) is 9.89 Å². The number of H-pyrrole nitrogens is 1. The van der Waals surface area contributed by atoms with E-state index in [0.29, 0.717) is 17.1 Å². The van der Waals surface area contributed by atoms with E-state index in [1.54, 1.807) is 13.2 Å². The van der Waals surface area contributed by atoms with Gasteiger partial charge >= 0.3 is 0 Å². The highest BCUT2D eigenvalue weighted by Gasteiger charge is 2.18. The number of amides is 1. The zero-order valence-electron chi connectivity index (χ0n) is 12.5. The molecule has 21 heavy (non-hydrogen) atoms. The Bertz CT molecular complexity index is 649. The van der Waals surface area contributed by atoms with Crippen LogP contribution in [0.1, 0.15) is 35.1 Å². The number of aryl methyl sites for hydroxylation is 2. The number of nitrogen functional groups attached to an aromatic ring is 1. The summed E-state index contributed by atoms with van der Waals surface area (Å²) in [4.78, 5) is 12.3. The number of nitrogens with one attached hydrogen (secondary N) is 2. The van der Waals surface area contributed by atoms with E-state index in [4.69, 9.17) is 10.5 Å². The molecule has 0 aliphatic carbocycles. The first-order chi connectivity index (χ1) is 10.1. The lowest BCUT2D eigenvalue weighted by Crippen LogP contribution is -2.15. The van der Waals surface area contributed by atoms with Crippen LogP contribution in [-0.4, -0.2) is 23.2 Å². The summed E-state index contributed by atoms with van der Waals surface area (Å²) in [5.41, 5.74) is 9.00. The molecule has 0 spiro atoms. The molecule has 1 amide bonds. The molecule has 4 N–H and O–H groups in total. The molecule has 0 radical (unpaired) electrons. The molecule has 0 saturated heterocycles. The van der Waals surface area contributed by atoms with Gasteiger partial charge in [0.2, 0.25) is 0 Å². The fourth-order valence-electron chi connectivity index (χ4n) is 2.08. The van der Waals surface area contributed by atoms with Crippen molar-refractivity contribution in [1.29, 1.82) is 0 Å². The first-order valence-corrected chi connectivity index (χ1v) is 6.85. The Balaban J connectivity index is 2.22. The summed E-state index contributed by atoms with van der Waals surface area (Å²) < 4.78 is 5.26. The monoisotopic (exact) mass is 288 g/mol. The normalized spacial score (nSPS) is 10.4. The Morgan fingerprint density at radius 3 is 2.90 bits per heavy atom. The maximum atomic E-state index is 12.3. The number of nitrogens with two attached hydrogens (primary N) is 1. The van der Waals surface area contributed by atoms with Crippen molar-refractivity contribution in [1.82, 2.24) is 10.2 Å². The van der Waals surface area contributed by atoms with E-state index in [-0.39, 0.29) is 11.6 Å². The van der Waals surface area contributed by atoms with Crippen molar-refractivity contribution < 1.29 is 9.53 Å². The highest BCUT2D eigenvalue weighted by atomic mass is 16.5. The molecular formula is C15H20N4O2. The van der Waals surface area contributed by atoms with E-state index in [2.05, 4.69) is 15.5 Å². The number of benzene rings is 1. The summed E-state index contributed by atoms with van der Waals surface area (Å²) in [7, 11) is 1.56. The van der Waals surface area contributed by atoms with Crippen LogP contribution in [-0.2, 0) is 6.42 Å². The smallest absolute Gasteiger partial charge is 0.278 e. The maximum Gasteiger partial charge on any atom is 0.278 e. The summed E-state index contributed by atoms with van der Waals surface area (Å²) >= 11 is 0. The van der Waals surface area contributed by atoms with E-state index in [1.807, 2.05) is 26.0 Å². The highest BCUT2D eigenvalue weighted by Crippen LogP contribution is 2.26. The number of ether oxygens (including phenoxy) is 1. The molecule has 0 unspecified atom stereocenters. The molecular weight excluding hydrogens is 268 g/mol. The second-order valence-electron chi connectivity index (χ2n) is 4.87. The van der Waals surface area contributed by atoms with Gasteiger partial charge in [-0.05, 0) is 31.0 Å². The summed E-state index contributed by atoms with van der Waals surface area (Å²) in [6.07, 6.45) is 1.69. The Hall–Kier alpha value is -2.50. The molecule has 0 aliphatic heterocycles. The van der Waals surface area contributed by atoms with Gasteiger partial charge in [0, 0.05) is 0 Å². The van der Waals surface area contributed by atoms with E-state index in [0.717, 1.165) is 24.1 Å². The van der Waals surface area contributed by atoms with Crippen molar-refractivity contribution in [3.63, 3.8) is 0 Å². The Morgan fingerprint density at radius 2 is 2.24 bits per heavy atom. The van der Waals surface area contributed by atoms with Crippen LogP contribution < -0.4 is 15.8 Å². The van der Waals surface area contributed by atoms with E-state index < -0.39 is 0 Å². The lowest BCUT2D eigenvalue weighted by atomic mass is 10.2. The van der Waals surface area contributed by atoms with E-state index >= 15 is 0 Å². The van der Waals surface area contributed by atoms with E-state index in [9.17, 15) is 4.79 Å². The number of carbonyl (C=O) groups excluding carboxylic acids is 1. The molecule has 0 bridgehead atoms. The van der Waals surface area contributed by atoms with Crippen LogP contribution in [0.4, 0.5) is 11.4 Å². The average molecular weight is 288 g/mol. The third kappa shape index (κ3) is 3.16. The molecule has 1 aromatic carbocycles. The van der Waals surface area contributed by atoms with Gasteiger partial charge in [-0.15, -0.1) is 0 Å². The van der Waals surface area contributed by atoms with Crippen molar-refractivity contribution in [3.05, 3.63) is 35.2 Å². The maximum absolute atomic E-state index is 12.3. The molecule has 6 heteroatoms.